The average Bonchev–Trinajstić information content (AvgIpc) is 3.00. The highest BCUT2D eigenvalue weighted by atomic mass is 35.5. The van der Waals surface area contributed by atoms with Crippen molar-refractivity contribution < 1.29 is 24.9 Å². The predicted octanol–water partition coefficient (Wildman–Crippen LogP) is 1.21. The van der Waals surface area contributed by atoms with Crippen molar-refractivity contribution in [1.82, 2.24) is 10.3 Å². The van der Waals surface area contributed by atoms with Crippen molar-refractivity contribution in [3.63, 3.8) is 0 Å². The third-order valence-electron chi connectivity index (χ3n) is 3.96. The van der Waals surface area contributed by atoms with E-state index in [2.05, 4.69) is 10.3 Å². The lowest BCUT2D eigenvalue weighted by Crippen LogP contribution is -2.13. The summed E-state index contributed by atoms with van der Waals surface area (Å²) in [6.07, 6.45) is 0.250. The minimum Gasteiger partial charge on any atom is -0.392 e. The first-order chi connectivity index (χ1) is 13.0. The van der Waals surface area contributed by atoms with Crippen molar-refractivity contribution in [3.05, 3.63) is 45.2 Å². The lowest BCUT2D eigenvalue weighted by atomic mass is 9.92. The molecular weight excluding hydrogens is 374 g/mol. The Morgan fingerprint density at radius 1 is 1.15 bits per heavy atom. The van der Waals surface area contributed by atoms with E-state index in [-0.39, 0.29) is 36.7 Å². The Balaban J connectivity index is 0.00000114. The molecule has 0 unspecified atom stereocenters. The minimum atomic E-state index is -0.316. The number of hydrogen-bond acceptors (Lipinski definition) is 7. The molecule has 27 heavy (non-hydrogen) atoms. The normalized spacial score (nSPS) is 9.93. The van der Waals surface area contributed by atoms with Gasteiger partial charge in [0.1, 0.15) is 11.8 Å². The maximum atomic E-state index is 9.81. The Morgan fingerprint density at radius 2 is 1.78 bits per heavy atom. The molecule has 0 aliphatic carbocycles. The van der Waals surface area contributed by atoms with Crippen LogP contribution < -0.4 is 5.32 Å². The van der Waals surface area contributed by atoms with Crippen LogP contribution in [0, 0.1) is 11.3 Å². The summed E-state index contributed by atoms with van der Waals surface area (Å²) in [6, 6.07) is 5.45. The zero-order valence-corrected chi connectivity index (χ0v) is 15.4. The number of aromatic nitrogens is 1. The summed E-state index contributed by atoms with van der Waals surface area (Å²) in [5.41, 5.74) is 3.75. The highest BCUT2D eigenvalue weighted by Crippen LogP contribution is 2.38. The first-order valence-electron chi connectivity index (χ1n) is 8.01. The number of benzene rings is 1. The number of hydrogen-bond donors (Lipinski definition) is 5. The molecule has 144 valence electrons. The van der Waals surface area contributed by atoms with Gasteiger partial charge >= 0.3 is 6.15 Å². The number of aliphatic hydroxyl groups is 3. The smallest absolute Gasteiger partial charge is 0.373 e. The van der Waals surface area contributed by atoms with Crippen LogP contribution >= 0.6 is 11.6 Å². The van der Waals surface area contributed by atoms with E-state index in [1.807, 2.05) is 13.0 Å². The molecule has 0 saturated carbocycles. The van der Waals surface area contributed by atoms with Gasteiger partial charge in [0.05, 0.1) is 24.8 Å². The molecule has 1 aromatic heterocycles. The number of aromatic amines is 1. The monoisotopic (exact) mass is 393 g/mol. The predicted molar refractivity (Wildman–Crippen MR) is 96.1 cm³/mol. The molecule has 2 aromatic rings. The quantitative estimate of drug-likeness (QED) is 0.475. The molecule has 0 amide bonds. The van der Waals surface area contributed by atoms with E-state index < -0.39 is 0 Å². The van der Waals surface area contributed by atoms with Crippen molar-refractivity contribution in [2.24, 2.45) is 0 Å². The van der Waals surface area contributed by atoms with Gasteiger partial charge in [-0.25, -0.2) is 0 Å². The second-order valence-electron chi connectivity index (χ2n) is 5.35. The maximum absolute atomic E-state index is 9.81. The Bertz CT molecular complexity index is 852. The summed E-state index contributed by atoms with van der Waals surface area (Å²) in [5, 5.41) is 41.5. The van der Waals surface area contributed by atoms with E-state index in [4.69, 9.17) is 21.2 Å². The molecule has 0 fully saturated rings. The molecular formula is C18H20ClN3O5. The second-order valence-corrected chi connectivity index (χ2v) is 5.72. The molecule has 0 aliphatic heterocycles. The van der Waals surface area contributed by atoms with Gasteiger partial charge in [-0.15, -0.1) is 0 Å². The third-order valence-corrected chi connectivity index (χ3v) is 4.34. The number of nitrogens with one attached hydrogen (secondary N) is 2. The van der Waals surface area contributed by atoms with Gasteiger partial charge in [-0.1, -0.05) is 30.7 Å². The first kappa shape index (κ1) is 22.5. The lowest BCUT2D eigenvalue weighted by molar-refractivity contribution is -0.191. The Kier molecular flexibility index (Phi) is 9.40. The van der Waals surface area contributed by atoms with Crippen LogP contribution in [0.15, 0.2) is 12.1 Å². The van der Waals surface area contributed by atoms with E-state index >= 15 is 0 Å². The largest absolute Gasteiger partial charge is 0.392 e. The number of carbonyl (C=O) groups excluding carboxylic acids is 2. The molecule has 0 spiro atoms. The molecule has 5 N–H and O–H groups in total. The number of H-pyrrole nitrogens is 1. The molecule has 2 rings (SSSR count). The van der Waals surface area contributed by atoms with Crippen LogP contribution in [0.5, 0.6) is 0 Å². The standard InChI is InChI=1S/C17H20ClN3O3.CO2/c1-2-20-6-15-16(17(18)14(5-19)21-15)11-4-3-10(7-22)12(8-23)13(11)9-24;2-1-3/h3-4,20-24H,2,6-9H2,1H3;. The Hall–Kier alpha value is -2.50. The van der Waals surface area contributed by atoms with E-state index in [1.165, 1.54) is 0 Å². The topological polar surface area (TPSA) is 146 Å². The summed E-state index contributed by atoms with van der Waals surface area (Å²) in [6.45, 7) is 2.33. The van der Waals surface area contributed by atoms with Crippen molar-refractivity contribution in [3.8, 4) is 17.2 Å². The van der Waals surface area contributed by atoms with Gasteiger partial charge in [0.15, 0.2) is 0 Å². The van der Waals surface area contributed by atoms with Crippen molar-refractivity contribution in [2.45, 2.75) is 33.3 Å². The van der Waals surface area contributed by atoms with Crippen molar-refractivity contribution in [2.75, 3.05) is 6.54 Å². The molecule has 9 heteroatoms. The maximum Gasteiger partial charge on any atom is 0.373 e. The SMILES string of the molecule is CCNCc1[nH]c(C#N)c(Cl)c1-c1ccc(CO)c(CO)c1CO.O=C=O. The van der Waals surface area contributed by atoms with E-state index in [1.54, 1.807) is 12.1 Å². The molecule has 8 nitrogen and oxygen atoms in total. The average molecular weight is 394 g/mol. The number of halogens is 1. The van der Waals surface area contributed by atoms with Gasteiger partial charge in [0, 0.05) is 17.8 Å². The van der Waals surface area contributed by atoms with E-state index in [0.717, 1.165) is 12.2 Å². The molecule has 0 radical (unpaired) electrons. The summed E-state index contributed by atoms with van der Waals surface area (Å²) in [5.74, 6) is 0. The van der Waals surface area contributed by atoms with Crippen LogP contribution in [0.25, 0.3) is 11.1 Å². The number of nitriles is 1. The second kappa shape index (κ2) is 11.3. The van der Waals surface area contributed by atoms with Gasteiger partial charge in [-0.05, 0) is 28.8 Å². The lowest BCUT2D eigenvalue weighted by Gasteiger charge is -2.16. The Labute approximate surface area is 161 Å². The van der Waals surface area contributed by atoms with Crippen LogP contribution in [0.2, 0.25) is 5.02 Å². The van der Waals surface area contributed by atoms with Crippen LogP contribution in [-0.4, -0.2) is 33.0 Å². The summed E-state index contributed by atoms with van der Waals surface area (Å²) in [7, 11) is 0. The van der Waals surface area contributed by atoms with Crippen LogP contribution in [0.3, 0.4) is 0 Å². The molecule has 0 bridgehead atoms. The number of aliphatic hydroxyl groups excluding tert-OH is 3. The van der Waals surface area contributed by atoms with Crippen LogP contribution in [-0.2, 0) is 36.0 Å². The van der Waals surface area contributed by atoms with Gasteiger partial charge < -0.3 is 25.6 Å². The number of rotatable bonds is 7. The van der Waals surface area contributed by atoms with Gasteiger partial charge in [-0.2, -0.15) is 14.9 Å². The van der Waals surface area contributed by atoms with Crippen LogP contribution in [0.1, 0.15) is 35.0 Å². The highest BCUT2D eigenvalue weighted by molar-refractivity contribution is 6.34. The first-order valence-corrected chi connectivity index (χ1v) is 8.39. The molecule has 1 heterocycles. The molecule has 0 aliphatic rings. The number of nitrogens with zero attached hydrogens (tertiary/aromatic N) is 1. The van der Waals surface area contributed by atoms with Crippen LogP contribution in [0.4, 0.5) is 0 Å². The fraction of sp³-hybridized carbons (Fsp3) is 0.333. The fourth-order valence-electron chi connectivity index (χ4n) is 2.77. The summed E-state index contributed by atoms with van der Waals surface area (Å²) < 4.78 is 0. The van der Waals surface area contributed by atoms with E-state index in [9.17, 15) is 20.6 Å². The van der Waals surface area contributed by atoms with Gasteiger partial charge in [-0.3, -0.25) is 0 Å². The molecule has 0 saturated heterocycles. The fourth-order valence-corrected chi connectivity index (χ4v) is 3.07. The summed E-state index contributed by atoms with van der Waals surface area (Å²) >= 11 is 6.37. The molecule has 0 atom stereocenters. The molecule has 1 aromatic carbocycles. The summed E-state index contributed by atoms with van der Waals surface area (Å²) in [4.78, 5) is 19.3. The zero-order valence-electron chi connectivity index (χ0n) is 14.7. The van der Waals surface area contributed by atoms with Gasteiger partial charge in [0.25, 0.3) is 0 Å². The van der Waals surface area contributed by atoms with Crippen molar-refractivity contribution >= 4 is 17.8 Å². The van der Waals surface area contributed by atoms with E-state index in [0.29, 0.717) is 34.4 Å². The third kappa shape index (κ3) is 5.02. The highest BCUT2D eigenvalue weighted by Gasteiger charge is 2.22. The Morgan fingerprint density at radius 3 is 2.26 bits per heavy atom. The van der Waals surface area contributed by atoms with Gasteiger partial charge in [0.2, 0.25) is 0 Å². The minimum absolute atomic E-state index is 0.238. The zero-order chi connectivity index (χ0) is 20.4. The van der Waals surface area contributed by atoms with Crippen molar-refractivity contribution in [1.29, 1.82) is 5.26 Å².